The van der Waals surface area contributed by atoms with Crippen molar-refractivity contribution in [1.82, 2.24) is 0 Å². The van der Waals surface area contributed by atoms with E-state index in [1.807, 2.05) is 23.1 Å². The van der Waals surface area contributed by atoms with Crippen LogP contribution in [-0.4, -0.2) is 0 Å². The van der Waals surface area contributed by atoms with Gasteiger partial charge in [-0.3, -0.25) is 0 Å². The highest BCUT2D eigenvalue weighted by atomic mass is 32.2. The standard InChI is InChI=1S/C52H36N2OS2/c1-2-10-33(11-3-1)34-18-23-37(24-19-34)53(38-25-20-35(21-26-38)36-22-31-48-44(32-36)41-12-5-8-16-46(41)56-48)39-27-29-40(30-28-39)54-49-42-13-4-7-15-45(42)55-51(49)52-50(54)43-14-6-9-17-47(43)57-52/h1-18,20-32,34,50,52H,19H2. The predicted octanol–water partition coefficient (Wildman–Crippen LogP) is 15.3. The number of fused-ring (bicyclic) bond motifs is 10. The van der Waals surface area contributed by atoms with Gasteiger partial charge < -0.3 is 14.2 Å². The minimum atomic E-state index is 0.171. The van der Waals surface area contributed by atoms with Gasteiger partial charge >= 0.3 is 0 Å². The summed E-state index contributed by atoms with van der Waals surface area (Å²) < 4.78 is 9.30. The molecule has 7 aromatic carbocycles. The summed E-state index contributed by atoms with van der Waals surface area (Å²) in [6.45, 7) is 0. The van der Waals surface area contributed by atoms with Crippen molar-refractivity contribution in [2.45, 2.75) is 28.5 Å². The first-order valence-electron chi connectivity index (χ1n) is 19.7. The Kier molecular flexibility index (Phi) is 7.60. The Morgan fingerprint density at radius 1 is 0.614 bits per heavy atom. The molecule has 12 rings (SSSR count). The molecule has 4 heterocycles. The van der Waals surface area contributed by atoms with E-state index in [0.717, 1.165) is 29.1 Å². The topological polar surface area (TPSA) is 19.6 Å². The molecule has 272 valence electrons. The molecule has 0 fully saturated rings. The molecule has 2 aliphatic heterocycles. The number of rotatable bonds is 6. The summed E-state index contributed by atoms with van der Waals surface area (Å²) in [7, 11) is 0. The first kappa shape index (κ1) is 32.9. The Morgan fingerprint density at radius 3 is 2.14 bits per heavy atom. The second-order valence-electron chi connectivity index (χ2n) is 15.2. The second-order valence-corrected chi connectivity index (χ2v) is 17.4. The van der Waals surface area contributed by atoms with Crippen LogP contribution in [0.1, 0.15) is 40.5 Å². The monoisotopic (exact) mass is 768 g/mol. The molecule has 1 aliphatic carbocycles. The molecule has 57 heavy (non-hydrogen) atoms. The van der Waals surface area contributed by atoms with Crippen LogP contribution in [0.5, 0.6) is 0 Å². The number of allylic oxidation sites excluding steroid dienone is 3. The minimum absolute atomic E-state index is 0.171. The van der Waals surface area contributed by atoms with Crippen LogP contribution in [0.2, 0.25) is 0 Å². The Morgan fingerprint density at radius 2 is 1.32 bits per heavy atom. The molecular formula is C52H36N2OS2. The van der Waals surface area contributed by atoms with E-state index >= 15 is 0 Å². The number of anilines is 4. The van der Waals surface area contributed by atoms with Crippen LogP contribution in [0.3, 0.4) is 0 Å². The zero-order valence-electron chi connectivity index (χ0n) is 31.0. The largest absolute Gasteiger partial charge is 0.458 e. The third kappa shape index (κ3) is 5.33. The number of benzene rings is 7. The lowest BCUT2D eigenvalue weighted by atomic mass is 9.91. The van der Waals surface area contributed by atoms with Crippen LogP contribution in [0, 0.1) is 0 Å². The zero-order chi connectivity index (χ0) is 37.5. The Balaban J connectivity index is 0.930. The van der Waals surface area contributed by atoms with Gasteiger partial charge in [-0.15, -0.1) is 23.1 Å². The maximum absolute atomic E-state index is 6.64. The summed E-state index contributed by atoms with van der Waals surface area (Å²) in [4.78, 5) is 6.28. The normalized spacial score (nSPS) is 18.2. The third-order valence-electron chi connectivity index (χ3n) is 11.9. The van der Waals surface area contributed by atoms with Gasteiger partial charge in [0.1, 0.15) is 11.3 Å². The lowest BCUT2D eigenvalue weighted by molar-refractivity contribution is 0.542. The highest BCUT2D eigenvalue weighted by Gasteiger charge is 2.49. The molecule has 9 aromatic rings. The molecule has 2 aromatic heterocycles. The van der Waals surface area contributed by atoms with Crippen molar-refractivity contribution in [1.29, 1.82) is 0 Å². The lowest BCUT2D eigenvalue weighted by Crippen LogP contribution is -2.20. The fourth-order valence-corrected chi connectivity index (χ4v) is 11.7. The first-order chi connectivity index (χ1) is 28.2. The van der Waals surface area contributed by atoms with Crippen molar-refractivity contribution in [3.05, 3.63) is 211 Å². The fourth-order valence-electron chi connectivity index (χ4n) is 9.23. The highest BCUT2D eigenvalue weighted by molar-refractivity contribution is 8.00. The number of furan rings is 1. The van der Waals surface area contributed by atoms with Gasteiger partial charge in [-0.25, -0.2) is 0 Å². The second kappa shape index (κ2) is 13.2. The van der Waals surface area contributed by atoms with Gasteiger partial charge in [0.25, 0.3) is 0 Å². The van der Waals surface area contributed by atoms with Gasteiger partial charge in [0.05, 0.1) is 17.0 Å². The molecule has 3 atom stereocenters. The summed E-state index contributed by atoms with van der Waals surface area (Å²) in [5.41, 5.74) is 11.9. The Labute approximate surface area is 339 Å². The molecule has 0 radical (unpaired) electrons. The van der Waals surface area contributed by atoms with Crippen molar-refractivity contribution in [2.24, 2.45) is 0 Å². The molecule has 0 amide bonds. The van der Waals surface area contributed by atoms with Crippen molar-refractivity contribution < 1.29 is 4.42 Å². The van der Waals surface area contributed by atoms with E-state index in [1.165, 1.54) is 69.8 Å². The van der Waals surface area contributed by atoms with Gasteiger partial charge in [0.2, 0.25) is 0 Å². The summed E-state index contributed by atoms with van der Waals surface area (Å²) in [6, 6.07) is 62.2. The summed E-state index contributed by atoms with van der Waals surface area (Å²) in [5.74, 6) is 1.43. The quantitative estimate of drug-likeness (QED) is 0.168. The minimum Gasteiger partial charge on any atom is -0.458 e. The van der Waals surface area contributed by atoms with E-state index in [-0.39, 0.29) is 11.3 Å². The molecule has 3 nitrogen and oxygen atoms in total. The Hall–Kier alpha value is -6.27. The molecular weight excluding hydrogens is 733 g/mol. The molecule has 0 N–H and O–H groups in total. The van der Waals surface area contributed by atoms with Crippen LogP contribution >= 0.6 is 23.1 Å². The van der Waals surface area contributed by atoms with E-state index in [4.69, 9.17) is 4.42 Å². The van der Waals surface area contributed by atoms with Gasteiger partial charge in [0, 0.05) is 59.1 Å². The fraction of sp³-hybridized carbons (Fsp3) is 0.0769. The van der Waals surface area contributed by atoms with Crippen LogP contribution in [-0.2, 0) is 0 Å². The van der Waals surface area contributed by atoms with Gasteiger partial charge in [-0.1, -0.05) is 109 Å². The molecule has 3 unspecified atom stereocenters. The van der Waals surface area contributed by atoms with Crippen LogP contribution in [0.4, 0.5) is 22.7 Å². The average Bonchev–Trinajstić information content (AvgIpc) is 4.03. The van der Waals surface area contributed by atoms with E-state index < -0.39 is 0 Å². The van der Waals surface area contributed by atoms with E-state index in [1.54, 1.807) is 0 Å². The zero-order valence-corrected chi connectivity index (χ0v) is 32.6. The van der Waals surface area contributed by atoms with Crippen molar-refractivity contribution >= 4 is 77.0 Å². The summed E-state index contributed by atoms with van der Waals surface area (Å²) >= 11 is 3.79. The lowest BCUT2D eigenvalue weighted by Gasteiger charge is -2.31. The van der Waals surface area contributed by atoms with Gasteiger partial charge in [0.15, 0.2) is 0 Å². The van der Waals surface area contributed by atoms with Crippen molar-refractivity contribution in [3.63, 3.8) is 0 Å². The summed E-state index contributed by atoms with van der Waals surface area (Å²) in [6.07, 6.45) is 8.02. The van der Waals surface area contributed by atoms with Crippen LogP contribution in [0.25, 0.3) is 42.3 Å². The molecule has 0 bridgehead atoms. The van der Waals surface area contributed by atoms with Crippen LogP contribution in [0.15, 0.2) is 203 Å². The predicted molar refractivity (Wildman–Crippen MR) is 241 cm³/mol. The number of thiophene rings is 1. The highest BCUT2D eigenvalue weighted by Crippen LogP contribution is 2.66. The van der Waals surface area contributed by atoms with Gasteiger partial charge in [-0.2, -0.15) is 0 Å². The number of nitrogens with zero attached hydrogens (tertiary/aromatic N) is 2. The third-order valence-corrected chi connectivity index (χ3v) is 14.4. The first-order valence-corrected chi connectivity index (χ1v) is 21.4. The molecule has 5 heteroatoms. The average molecular weight is 769 g/mol. The van der Waals surface area contributed by atoms with Crippen molar-refractivity contribution in [3.8, 4) is 11.1 Å². The molecule has 0 saturated heterocycles. The van der Waals surface area contributed by atoms with Crippen LogP contribution < -0.4 is 9.80 Å². The molecule has 3 aliphatic rings. The maximum Gasteiger partial charge on any atom is 0.144 e. The smallest absolute Gasteiger partial charge is 0.144 e. The molecule has 0 spiro atoms. The maximum atomic E-state index is 6.64. The van der Waals surface area contributed by atoms with E-state index in [9.17, 15) is 0 Å². The number of para-hydroxylation sites is 1. The number of hydrogen-bond donors (Lipinski definition) is 0. The number of thioether (sulfide) groups is 1. The van der Waals surface area contributed by atoms with Crippen molar-refractivity contribution in [2.75, 3.05) is 9.80 Å². The summed E-state index contributed by atoms with van der Waals surface area (Å²) in [5, 5.41) is 4.02. The van der Waals surface area contributed by atoms with E-state index in [2.05, 4.69) is 198 Å². The van der Waals surface area contributed by atoms with Gasteiger partial charge in [-0.05, 0) is 108 Å². The Bertz CT molecular complexity index is 3050. The number of hydrogen-bond acceptors (Lipinski definition) is 5. The molecule has 0 saturated carbocycles. The SMILES string of the molecule is C1=CC(c2ccccc2)CC=C1N(c1ccc(-c2ccc3sc4ccccc4c3c2)cc1)c1ccc(N2c3c(oc4ccccc34)C3Sc4ccccc4C32)cc1. The van der Waals surface area contributed by atoms with E-state index in [0.29, 0.717) is 5.92 Å².